The quantitative estimate of drug-likeness (QED) is 0.423. The maximum absolute atomic E-state index is 11.6. The van der Waals surface area contributed by atoms with Crippen molar-refractivity contribution in [1.82, 2.24) is 19.5 Å². The molecule has 2 aliphatic heterocycles. The van der Waals surface area contributed by atoms with Gasteiger partial charge in [-0.25, -0.2) is 15.0 Å². The number of fused-ring (bicyclic) bond motifs is 3. The van der Waals surface area contributed by atoms with E-state index in [1.807, 2.05) is 30.3 Å². The molecule has 3 aromatic rings. The summed E-state index contributed by atoms with van der Waals surface area (Å²) in [6.07, 6.45) is 2.46. The number of carbonyl (C=O) groups is 1. The molecule has 2 bridgehead atoms. The van der Waals surface area contributed by atoms with E-state index in [-0.39, 0.29) is 24.5 Å². The Morgan fingerprint density at radius 2 is 2.13 bits per heavy atom. The molecule has 4 heterocycles. The molecule has 0 N–H and O–H groups in total. The molecular formula is C21H21ClN4O5. The number of rotatable bonds is 6. The molecule has 0 radical (unpaired) electrons. The number of ether oxygens (including phenoxy) is 4. The lowest BCUT2D eigenvalue weighted by molar-refractivity contribution is -0.227. The van der Waals surface area contributed by atoms with Crippen LogP contribution in [0.4, 0.5) is 0 Å². The van der Waals surface area contributed by atoms with Crippen molar-refractivity contribution in [3.05, 3.63) is 53.7 Å². The van der Waals surface area contributed by atoms with Gasteiger partial charge < -0.3 is 18.9 Å². The summed E-state index contributed by atoms with van der Waals surface area (Å²) in [7, 11) is 0. The third-order valence-electron chi connectivity index (χ3n) is 5.62. The maximum atomic E-state index is 11.6. The van der Waals surface area contributed by atoms with Crippen LogP contribution in [-0.2, 0) is 30.3 Å². The van der Waals surface area contributed by atoms with Gasteiger partial charge >= 0.3 is 5.97 Å². The number of nitrogens with zero attached hydrogens (tertiary/aromatic N) is 4. The normalized spacial score (nSPS) is 27.5. The first-order valence-corrected chi connectivity index (χ1v) is 10.3. The number of esters is 1. The van der Waals surface area contributed by atoms with Gasteiger partial charge in [-0.1, -0.05) is 41.9 Å². The maximum Gasteiger partial charge on any atom is 0.302 e. The average molecular weight is 445 g/mol. The minimum Gasteiger partial charge on any atom is -0.463 e. The van der Waals surface area contributed by atoms with Crippen LogP contribution in [0.1, 0.15) is 25.1 Å². The third-order valence-corrected chi connectivity index (χ3v) is 5.90. The molecule has 0 saturated carbocycles. The Bertz CT molecular complexity index is 1090. The van der Waals surface area contributed by atoms with E-state index in [0.717, 1.165) is 5.56 Å². The topological polar surface area (TPSA) is 97.6 Å². The zero-order valence-electron chi connectivity index (χ0n) is 16.8. The van der Waals surface area contributed by atoms with Gasteiger partial charge in [0.1, 0.15) is 30.8 Å². The van der Waals surface area contributed by atoms with Crippen molar-refractivity contribution < 1.29 is 23.7 Å². The van der Waals surface area contributed by atoms with Crippen molar-refractivity contribution in [2.45, 2.75) is 44.0 Å². The Morgan fingerprint density at radius 1 is 1.29 bits per heavy atom. The van der Waals surface area contributed by atoms with Crippen LogP contribution in [0.5, 0.6) is 0 Å². The molecule has 9 nitrogen and oxygen atoms in total. The van der Waals surface area contributed by atoms with Crippen molar-refractivity contribution in [2.24, 2.45) is 0 Å². The Morgan fingerprint density at radius 3 is 2.94 bits per heavy atom. The lowest BCUT2D eigenvalue weighted by Gasteiger charge is -2.42. The van der Waals surface area contributed by atoms with Gasteiger partial charge in [-0.05, 0) is 5.56 Å². The minimum atomic E-state index is -0.943. The zero-order valence-corrected chi connectivity index (χ0v) is 17.6. The molecule has 2 fully saturated rings. The summed E-state index contributed by atoms with van der Waals surface area (Å²) in [6.45, 7) is 2.05. The molecule has 0 aliphatic carbocycles. The predicted octanol–water partition coefficient (Wildman–Crippen LogP) is 2.68. The fraction of sp³-hybridized carbons (Fsp3) is 0.429. The van der Waals surface area contributed by atoms with Crippen LogP contribution in [0, 0.1) is 0 Å². The molecule has 2 aliphatic rings. The van der Waals surface area contributed by atoms with Crippen LogP contribution in [0.3, 0.4) is 0 Å². The Balaban J connectivity index is 1.43. The highest BCUT2D eigenvalue weighted by Crippen LogP contribution is 2.44. The standard InChI is InChI=1S/C21H21ClN4O5/c1-13(27)29-9-21-10-30-15(18(21)28-8-14-5-3-2-4-6-14)7-16(31-21)26-12-25-17-19(22)23-11-24-20(17)26/h2-6,11-12,15-16,18H,7-10H2,1H3/t15?,16-,18+,21+/m1/s1. The highest BCUT2D eigenvalue weighted by Gasteiger charge is 2.58. The summed E-state index contributed by atoms with van der Waals surface area (Å²) >= 11 is 6.14. The summed E-state index contributed by atoms with van der Waals surface area (Å²) in [5.74, 6) is -0.391. The molecule has 4 atom stereocenters. The average Bonchev–Trinajstić information content (AvgIpc) is 3.29. The third kappa shape index (κ3) is 3.78. The second kappa shape index (κ2) is 8.16. The van der Waals surface area contributed by atoms with Gasteiger partial charge in [-0.3, -0.25) is 9.36 Å². The summed E-state index contributed by atoms with van der Waals surface area (Å²) < 4.78 is 26.0. The van der Waals surface area contributed by atoms with Crippen LogP contribution in [0.25, 0.3) is 11.2 Å². The number of aromatic nitrogens is 4. The highest BCUT2D eigenvalue weighted by molar-refractivity contribution is 6.33. The van der Waals surface area contributed by atoms with E-state index in [0.29, 0.717) is 24.2 Å². The lowest BCUT2D eigenvalue weighted by atomic mass is 9.91. The summed E-state index contributed by atoms with van der Waals surface area (Å²) in [5.41, 5.74) is 1.16. The molecule has 2 saturated heterocycles. The van der Waals surface area contributed by atoms with Gasteiger partial charge in [0.15, 0.2) is 16.4 Å². The van der Waals surface area contributed by atoms with Crippen LogP contribution in [0.15, 0.2) is 43.0 Å². The summed E-state index contributed by atoms with van der Waals surface area (Å²) in [6, 6.07) is 9.87. The number of hydrogen-bond donors (Lipinski definition) is 0. The molecule has 5 rings (SSSR count). The number of carbonyl (C=O) groups excluding carboxylic acids is 1. The Kier molecular flexibility index (Phi) is 5.35. The van der Waals surface area contributed by atoms with Crippen molar-refractivity contribution >= 4 is 28.7 Å². The largest absolute Gasteiger partial charge is 0.463 e. The molecule has 2 aromatic heterocycles. The lowest BCUT2D eigenvalue weighted by Crippen LogP contribution is -2.56. The fourth-order valence-corrected chi connectivity index (χ4v) is 4.35. The second-order valence-electron chi connectivity index (χ2n) is 7.71. The van der Waals surface area contributed by atoms with Crippen LogP contribution in [0.2, 0.25) is 5.15 Å². The zero-order chi connectivity index (χ0) is 21.4. The van der Waals surface area contributed by atoms with Crippen molar-refractivity contribution in [1.29, 1.82) is 0 Å². The van der Waals surface area contributed by atoms with Crippen LogP contribution >= 0.6 is 11.6 Å². The first-order chi connectivity index (χ1) is 15.1. The molecule has 31 heavy (non-hydrogen) atoms. The van der Waals surface area contributed by atoms with Crippen LogP contribution < -0.4 is 0 Å². The van der Waals surface area contributed by atoms with Gasteiger partial charge in [0.25, 0.3) is 0 Å². The van der Waals surface area contributed by atoms with Gasteiger partial charge in [0.2, 0.25) is 0 Å². The van der Waals surface area contributed by atoms with E-state index >= 15 is 0 Å². The molecule has 1 aromatic carbocycles. The van der Waals surface area contributed by atoms with Gasteiger partial charge in [-0.15, -0.1) is 0 Å². The molecule has 1 unspecified atom stereocenters. The Hall–Kier alpha value is -2.59. The van der Waals surface area contributed by atoms with Gasteiger partial charge in [0.05, 0.1) is 25.6 Å². The molecular weight excluding hydrogens is 424 g/mol. The first kappa shape index (κ1) is 20.3. The minimum absolute atomic E-state index is 0.0250. The van der Waals surface area contributed by atoms with Gasteiger partial charge in [-0.2, -0.15) is 0 Å². The van der Waals surface area contributed by atoms with Crippen molar-refractivity contribution in [3.63, 3.8) is 0 Å². The fourth-order valence-electron chi connectivity index (χ4n) is 4.17. The van der Waals surface area contributed by atoms with E-state index < -0.39 is 23.9 Å². The van der Waals surface area contributed by atoms with Crippen molar-refractivity contribution in [3.8, 4) is 0 Å². The highest BCUT2D eigenvalue weighted by atomic mass is 35.5. The van der Waals surface area contributed by atoms with E-state index in [1.54, 1.807) is 10.9 Å². The summed E-state index contributed by atoms with van der Waals surface area (Å²) in [5, 5.41) is 0.275. The van der Waals surface area contributed by atoms with E-state index in [2.05, 4.69) is 15.0 Å². The second-order valence-corrected chi connectivity index (χ2v) is 8.07. The molecule has 10 heteroatoms. The summed E-state index contributed by atoms with van der Waals surface area (Å²) in [4.78, 5) is 24.2. The number of imidazole rings is 1. The SMILES string of the molecule is CC(=O)OC[C@@]12COC(C[C@H](n3cnc4c(Cl)ncnc43)O1)[C@@H]2OCc1ccccc1. The number of benzene rings is 1. The smallest absolute Gasteiger partial charge is 0.302 e. The Labute approximate surface area is 183 Å². The van der Waals surface area contributed by atoms with E-state index in [4.69, 9.17) is 30.5 Å². The number of halogens is 1. The molecule has 162 valence electrons. The van der Waals surface area contributed by atoms with Crippen molar-refractivity contribution in [2.75, 3.05) is 13.2 Å². The van der Waals surface area contributed by atoms with E-state index in [1.165, 1.54) is 13.3 Å². The molecule has 0 amide bonds. The van der Waals surface area contributed by atoms with Gasteiger partial charge in [0, 0.05) is 13.3 Å². The van der Waals surface area contributed by atoms with Crippen LogP contribution in [-0.4, -0.2) is 56.5 Å². The number of hydrogen-bond acceptors (Lipinski definition) is 8. The van der Waals surface area contributed by atoms with E-state index in [9.17, 15) is 4.79 Å². The predicted molar refractivity (Wildman–Crippen MR) is 109 cm³/mol. The molecule has 0 spiro atoms. The first-order valence-electron chi connectivity index (χ1n) is 9.97. The monoisotopic (exact) mass is 444 g/mol.